The molecule has 7 heteroatoms. The number of anilines is 1. The van der Waals surface area contributed by atoms with E-state index in [-0.39, 0.29) is 16.0 Å². The summed E-state index contributed by atoms with van der Waals surface area (Å²) in [5, 5.41) is 19.1. The van der Waals surface area contributed by atoms with Gasteiger partial charge in [-0.05, 0) is 17.7 Å². The number of nitrogens with one attached hydrogen (secondary N) is 1. The van der Waals surface area contributed by atoms with Crippen molar-refractivity contribution in [3.8, 4) is 6.07 Å². The molecule has 2 aromatic rings. The Labute approximate surface area is 107 Å². The van der Waals surface area contributed by atoms with E-state index in [2.05, 4.69) is 15.5 Å². The molecule has 1 aromatic heterocycles. The van der Waals surface area contributed by atoms with Crippen LogP contribution in [-0.2, 0) is 6.54 Å². The van der Waals surface area contributed by atoms with Crippen molar-refractivity contribution in [1.29, 1.82) is 5.26 Å². The Balaban J connectivity index is 1.95. The molecular weight excluding hydrogens is 250 g/mol. The van der Waals surface area contributed by atoms with E-state index in [4.69, 9.17) is 11.0 Å². The summed E-state index contributed by atoms with van der Waals surface area (Å²) in [4.78, 5) is 11.6. The maximum atomic E-state index is 11.6. The number of hydrogen-bond acceptors (Lipinski definition) is 6. The van der Waals surface area contributed by atoms with Gasteiger partial charge in [0.05, 0.1) is 11.6 Å². The third-order valence-electron chi connectivity index (χ3n) is 2.17. The summed E-state index contributed by atoms with van der Waals surface area (Å²) in [6, 6.07) is 9.00. The molecule has 0 aliphatic carbocycles. The lowest BCUT2D eigenvalue weighted by Gasteiger charge is -2.02. The molecule has 0 aliphatic heterocycles. The van der Waals surface area contributed by atoms with Crippen molar-refractivity contribution in [2.45, 2.75) is 6.54 Å². The number of amides is 1. The predicted molar refractivity (Wildman–Crippen MR) is 66.6 cm³/mol. The highest BCUT2D eigenvalue weighted by atomic mass is 32.1. The zero-order chi connectivity index (χ0) is 13.0. The van der Waals surface area contributed by atoms with Gasteiger partial charge in [0.1, 0.15) is 0 Å². The third-order valence-corrected chi connectivity index (χ3v) is 2.92. The third kappa shape index (κ3) is 2.81. The number of nitrogens with zero attached hydrogens (tertiary/aromatic N) is 3. The van der Waals surface area contributed by atoms with Gasteiger partial charge in [-0.2, -0.15) is 5.26 Å². The molecule has 1 amide bonds. The number of carbonyl (C=O) groups excluding carboxylic acids is 1. The van der Waals surface area contributed by atoms with Crippen LogP contribution in [0.2, 0.25) is 0 Å². The van der Waals surface area contributed by atoms with E-state index in [0.717, 1.165) is 16.9 Å². The van der Waals surface area contributed by atoms with Crippen LogP contribution in [0.3, 0.4) is 0 Å². The standard InChI is InChI=1S/C11H9N5OS/c12-5-7-1-3-8(4-2-7)6-14-9(17)10-15-16-11(13)18-10/h1-4H,6H2,(H2,13,16)(H,14,17). The minimum absolute atomic E-state index is 0.237. The summed E-state index contributed by atoms with van der Waals surface area (Å²) < 4.78 is 0. The molecule has 0 saturated heterocycles. The number of rotatable bonds is 3. The van der Waals surface area contributed by atoms with E-state index in [1.807, 2.05) is 6.07 Å². The molecule has 2 rings (SSSR count). The van der Waals surface area contributed by atoms with Crippen LogP contribution in [0.4, 0.5) is 5.13 Å². The first-order valence-corrected chi connectivity index (χ1v) is 5.87. The topological polar surface area (TPSA) is 105 Å². The van der Waals surface area contributed by atoms with Gasteiger partial charge in [0.15, 0.2) is 0 Å². The molecule has 0 atom stereocenters. The fourth-order valence-electron chi connectivity index (χ4n) is 1.28. The van der Waals surface area contributed by atoms with E-state index >= 15 is 0 Å². The normalized spacial score (nSPS) is 9.72. The average Bonchev–Trinajstić information content (AvgIpc) is 2.83. The lowest BCUT2D eigenvalue weighted by Crippen LogP contribution is -2.22. The molecule has 18 heavy (non-hydrogen) atoms. The van der Waals surface area contributed by atoms with Crippen molar-refractivity contribution in [2.24, 2.45) is 0 Å². The molecular formula is C11H9N5OS. The zero-order valence-corrected chi connectivity index (χ0v) is 10.1. The first kappa shape index (κ1) is 12.0. The lowest BCUT2D eigenvalue weighted by molar-refractivity contribution is 0.0950. The quantitative estimate of drug-likeness (QED) is 0.852. The monoisotopic (exact) mass is 259 g/mol. The molecule has 6 nitrogen and oxygen atoms in total. The number of nitriles is 1. The first-order valence-electron chi connectivity index (χ1n) is 5.05. The SMILES string of the molecule is N#Cc1ccc(CNC(=O)c2nnc(N)s2)cc1. The van der Waals surface area contributed by atoms with Crippen molar-refractivity contribution in [3.63, 3.8) is 0 Å². The van der Waals surface area contributed by atoms with Gasteiger partial charge >= 0.3 is 0 Å². The summed E-state index contributed by atoms with van der Waals surface area (Å²) in [6.07, 6.45) is 0. The summed E-state index contributed by atoms with van der Waals surface area (Å²) in [7, 11) is 0. The minimum atomic E-state index is -0.312. The Morgan fingerprint density at radius 2 is 2.11 bits per heavy atom. The number of benzene rings is 1. The maximum Gasteiger partial charge on any atom is 0.282 e. The van der Waals surface area contributed by atoms with E-state index in [1.54, 1.807) is 24.3 Å². The van der Waals surface area contributed by atoms with Crippen LogP contribution < -0.4 is 11.1 Å². The van der Waals surface area contributed by atoms with Gasteiger partial charge in [0.25, 0.3) is 5.91 Å². The second-order valence-electron chi connectivity index (χ2n) is 3.44. The van der Waals surface area contributed by atoms with E-state index in [0.29, 0.717) is 12.1 Å². The molecule has 3 N–H and O–H groups in total. The molecule has 90 valence electrons. The number of hydrogen-bond donors (Lipinski definition) is 2. The molecule has 0 bridgehead atoms. The minimum Gasteiger partial charge on any atom is -0.374 e. The van der Waals surface area contributed by atoms with E-state index < -0.39 is 0 Å². The van der Waals surface area contributed by atoms with Crippen LogP contribution in [-0.4, -0.2) is 16.1 Å². The molecule has 0 saturated carbocycles. The molecule has 0 unspecified atom stereocenters. The number of carbonyl (C=O) groups is 1. The molecule has 0 spiro atoms. The molecule has 1 heterocycles. The van der Waals surface area contributed by atoms with Gasteiger partial charge in [0.2, 0.25) is 10.1 Å². The number of aromatic nitrogens is 2. The highest BCUT2D eigenvalue weighted by Gasteiger charge is 2.10. The fraction of sp³-hybridized carbons (Fsp3) is 0.0909. The highest BCUT2D eigenvalue weighted by molar-refractivity contribution is 7.16. The van der Waals surface area contributed by atoms with Crippen LogP contribution in [0, 0.1) is 11.3 Å². The summed E-state index contributed by atoms with van der Waals surface area (Å²) >= 11 is 1.04. The Kier molecular flexibility index (Phi) is 3.50. The van der Waals surface area contributed by atoms with Crippen molar-refractivity contribution in [3.05, 3.63) is 40.4 Å². The first-order chi connectivity index (χ1) is 8.69. The van der Waals surface area contributed by atoms with Gasteiger partial charge in [-0.25, -0.2) is 0 Å². The van der Waals surface area contributed by atoms with Crippen LogP contribution >= 0.6 is 11.3 Å². The van der Waals surface area contributed by atoms with Gasteiger partial charge < -0.3 is 11.1 Å². The largest absolute Gasteiger partial charge is 0.374 e. The average molecular weight is 259 g/mol. The summed E-state index contributed by atoms with van der Waals surface area (Å²) in [5.41, 5.74) is 6.88. The van der Waals surface area contributed by atoms with Gasteiger partial charge in [-0.1, -0.05) is 23.5 Å². The van der Waals surface area contributed by atoms with Crippen molar-refractivity contribution >= 4 is 22.4 Å². The predicted octanol–water partition coefficient (Wildman–Crippen LogP) is 0.922. The number of nitrogens with two attached hydrogens (primary N) is 1. The van der Waals surface area contributed by atoms with Gasteiger partial charge in [-0.3, -0.25) is 4.79 Å². The fourth-order valence-corrected chi connectivity index (χ4v) is 1.81. The lowest BCUT2D eigenvalue weighted by atomic mass is 10.1. The Morgan fingerprint density at radius 3 is 2.67 bits per heavy atom. The maximum absolute atomic E-state index is 11.6. The van der Waals surface area contributed by atoms with Crippen LogP contribution in [0.1, 0.15) is 20.9 Å². The van der Waals surface area contributed by atoms with Gasteiger partial charge in [0, 0.05) is 6.54 Å². The smallest absolute Gasteiger partial charge is 0.282 e. The molecule has 1 aromatic carbocycles. The number of nitrogen functional groups attached to an aromatic ring is 1. The second kappa shape index (κ2) is 5.25. The molecule has 0 fully saturated rings. The molecule has 0 aliphatic rings. The van der Waals surface area contributed by atoms with Gasteiger partial charge in [-0.15, -0.1) is 10.2 Å². The van der Waals surface area contributed by atoms with Crippen molar-refractivity contribution in [1.82, 2.24) is 15.5 Å². The Morgan fingerprint density at radius 1 is 1.39 bits per heavy atom. The van der Waals surface area contributed by atoms with Crippen molar-refractivity contribution in [2.75, 3.05) is 5.73 Å². The highest BCUT2D eigenvalue weighted by Crippen LogP contribution is 2.10. The molecule has 0 radical (unpaired) electrons. The summed E-state index contributed by atoms with van der Waals surface area (Å²) in [5.74, 6) is -0.312. The zero-order valence-electron chi connectivity index (χ0n) is 9.25. The van der Waals surface area contributed by atoms with Crippen LogP contribution in [0.25, 0.3) is 0 Å². The van der Waals surface area contributed by atoms with E-state index in [1.165, 1.54) is 0 Å². The summed E-state index contributed by atoms with van der Waals surface area (Å²) in [6.45, 7) is 0.365. The Hall–Kier alpha value is -2.46. The Bertz CT molecular complexity index is 599. The second-order valence-corrected chi connectivity index (χ2v) is 4.45. The van der Waals surface area contributed by atoms with Crippen molar-refractivity contribution < 1.29 is 4.79 Å². The van der Waals surface area contributed by atoms with Crippen LogP contribution in [0.5, 0.6) is 0 Å². The van der Waals surface area contributed by atoms with Crippen LogP contribution in [0.15, 0.2) is 24.3 Å². The van der Waals surface area contributed by atoms with E-state index in [9.17, 15) is 4.79 Å².